The average molecular weight is 371 g/mol. The van der Waals surface area contributed by atoms with Crippen LogP contribution in [0.3, 0.4) is 0 Å². The summed E-state index contributed by atoms with van der Waals surface area (Å²) in [7, 11) is 2.54. The Labute approximate surface area is 123 Å². The van der Waals surface area contributed by atoms with Crippen LogP contribution in [0.25, 0.3) is 0 Å². The minimum absolute atomic E-state index is 0.0787. The topological polar surface area (TPSA) is 54.5 Å². The molecule has 1 saturated carbocycles. The molecule has 8 heteroatoms. The van der Waals surface area contributed by atoms with E-state index in [1.807, 2.05) is 0 Å². The van der Waals surface area contributed by atoms with Gasteiger partial charge >= 0.3 is 0 Å². The highest BCUT2D eigenvalue weighted by Gasteiger charge is 2.32. The monoisotopic (exact) mass is 369 g/mol. The summed E-state index contributed by atoms with van der Waals surface area (Å²) >= 11 is 3.06. The van der Waals surface area contributed by atoms with Crippen LogP contribution < -0.4 is 0 Å². The van der Waals surface area contributed by atoms with E-state index in [0.29, 0.717) is 0 Å². The molecular formula is C11H10BrClFNO3S. The lowest BCUT2D eigenvalue weighted by molar-refractivity contribution is 0.0784. The molecule has 1 amide bonds. The first-order chi connectivity index (χ1) is 8.71. The molecule has 1 aromatic rings. The van der Waals surface area contributed by atoms with Crippen molar-refractivity contribution in [2.45, 2.75) is 23.8 Å². The summed E-state index contributed by atoms with van der Waals surface area (Å²) in [4.78, 5) is 13.0. The zero-order valence-corrected chi connectivity index (χ0v) is 13.0. The van der Waals surface area contributed by atoms with Gasteiger partial charge in [0.2, 0.25) is 0 Å². The zero-order chi connectivity index (χ0) is 14.4. The summed E-state index contributed by atoms with van der Waals surface area (Å²) in [5, 5.41) is 0. The highest BCUT2D eigenvalue weighted by Crippen LogP contribution is 2.31. The largest absolute Gasteiger partial charge is 0.339 e. The van der Waals surface area contributed by atoms with Crippen LogP contribution >= 0.6 is 26.6 Å². The Morgan fingerprint density at radius 3 is 2.53 bits per heavy atom. The Hall–Kier alpha value is -0.660. The Kier molecular flexibility index (Phi) is 3.90. The SMILES string of the molecule is CN(C(=O)c1cc(S(=O)(=O)Cl)c(F)cc1Br)C1CC1. The number of hydrogen-bond donors (Lipinski definition) is 0. The van der Waals surface area contributed by atoms with Crippen LogP contribution in [0.4, 0.5) is 4.39 Å². The summed E-state index contributed by atoms with van der Waals surface area (Å²) in [6.45, 7) is 0. The lowest BCUT2D eigenvalue weighted by Crippen LogP contribution is -2.29. The van der Waals surface area contributed by atoms with Gasteiger partial charge in [-0.3, -0.25) is 4.79 Å². The molecule has 0 heterocycles. The summed E-state index contributed by atoms with van der Waals surface area (Å²) in [5.41, 5.74) is 0.0787. The third kappa shape index (κ3) is 3.09. The summed E-state index contributed by atoms with van der Waals surface area (Å²) in [6.07, 6.45) is 1.84. The van der Waals surface area contributed by atoms with E-state index in [1.165, 1.54) is 4.90 Å². The van der Waals surface area contributed by atoms with Crippen molar-refractivity contribution in [3.63, 3.8) is 0 Å². The highest BCUT2D eigenvalue weighted by atomic mass is 79.9. The molecule has 1 aliphatic carbocycles. The number of carbonyl (C=O) groups excluding carboxylic acids is 1. The molecule has 0 spiro atoms. The van der Waals surface area contributed by atoms with Crippen LogP contribution in [0, 0.1) is 5.82 Å². The number of carbonyl (C=O) groups is 1. The Balaban J connectivity index is 2.48. The molecule has 2 rings (SSSR count). The van der Waals surface area contributed by atoms with Crippen molar-refractivity contribution < 1.29 is 17.6 Å². The number of nitrogens with zero attached hydrogens (tertiary/aromatic N) is 1. The molecule has 19 heavy (non-hydrogen) atoms. The van der Waals surface area contributed by atoms with E-state index in [1.54, 1.807) is 7.05 Å². The Bertz CT molecular complexity index is 646. The maximum Gasteiger partial charge on any atom is 0.264 e. The fraction of sp³-hybridized carbons (Fsp3) is 0.364. The quantitative estimate of drug-likeness (QED) is 0.769. The second-order valence-corrected chi connectivity index (χ2v) is 7.74. The summed E-state index contributed by atoms with van der Waals surface area (Å²) in [5.74, 6) is -1.36. The molecule has 0 atom stereocenters. The molecule has 0 N–H and O–H groups in total. The van der Waals surface area contributed by atoms with E-state index < -0.39 is 19.8 Å². The van der Waals surface area contributed by atoms with Gasteiger partial charge in [-0.2, -0.15) is 0 Å². The second kappa shape index (κ2) is 5.03. The van der Waals surface area contributed by atoms with Crippen molar-refractivity contribution in [1.82, 2.24) is 4.90 Å². The highest BCUT2D eigenvalue weighted by molar-refractivity contribution is 9.10. The molecule has 0 saturated heterocycles. The van der Waals surface area contributed by atoms with E-state index in [2.05, 4.69) is 15.9 Å². The first-order valence-electron chi connectivity index (χ1n) is 5.42. The van der Waals surface area contributed by atoms with Crippen molar-refractivity contribution in [2.75, 3.05) is 7.05 Å². The predicted octanol–water partition coefficient (Wildman–Crippen LogP) is 2.75. The molecule has 1 aromatic carbocycles. The fourth-order valence-electron chi connectivity index (χ4n) is 1.70. The van der Waals surface area contributed by atoms with Crippen LogP contribution in [0.2, 0.25) is 0 Å². The maximum atomic E-state index is 13.5. The second-order valence-electron chi connectivity index (χ2n) is 4.35. The predicted molar refractivity (Wildman–Crippen MR) is 72.3 cm³/mol. The van der Waals surface area contributed by atoms with Gasteiger partial charge in [-0.1, -0.05) is 0 Å². The number of hydrogen-bond acceptors (Lipinski definition) is 3. The molecule has 0 unspecified atom stereocenters. The molecule has 4 nitrogen and oxygen atoms in total. The fourth-order valence-corrected chi connectivity index (χ4v) is 3.09. The third-order valence-corrected chi connectivity index (χ3v) is 4.92. The van der Waals surface area contributed by atoms with Crippen LogP contribution in [-0.4, -0.2) is 32.3 Å². The molecular weight excluding hydrogens is 361 g/mol. The first-order valence-corrected chi connectivity index (χ1v) is 8.53. The van der Waals surface area contributed by atoms with Gasteiger partial charge in [0.1, 0.15) is 10.7 Å². The minimum atomic E-state index is -4.23. The lowest BCUT2D eigenvalue weighted by atomic mass is 10.2. The third-order valence-electron chi connectivity index (χ3n) is 2.93. The minimum Gasteiger partial charge on any atom is -0.339 e. The molecule has 1 aliphatic rings. The maximum absolute atomic E-state index is 13.5. The molecule has 0 bridgehead atoms. The number of halogens is 3. The van der Waals surface area contributed by atoms with E-state index in [-0.39, 0.29) is 22.0 Å². The van der Waals surface area contributed by atoms with Gasteiger partial charge in [-0.05, 0) is 40.9 Å². The van der Waals surface area contributed by atoms with Gasteiger partial charge in [-0.15, -0.1) is 0 Å². The smallest absolute Gasteiger partial charge is 0.264 e. The van der Waals surface area contributed by atoms with E-state index >= 15 is 0 Å². The van der Waals surface area contributed by atoms with E-state index in [0.717, 1.165) is 25.0 Å². The van der Waals surface area contributed by atoms with E-state index in [9.17, 15) is 17.6 Å². The van der Waals surface area contributed by atoms with Crippen LogP contribution in [0.1, 0.15) is 23.2 Å². The van der Waals surface area contributed by atoms with Crippen LogP contribution in [0.5, 0.6) is 0 Å². The normalized spacial score (nSPS) is 15.4. The van der Waals surface area contributed by atoms with Crippen molar-refractivity contribution in [2.24, 2.45) is 0 Å². The van der Waals surface area contributed by atoms with Gasteiger partial charge < -0.3 is 4.90 Å². The molecule has 0 radical (unpaired) electrons. The van der Waals surface area contributed by atoms with Crippen molar-refractivity contribution >= 4 is 41.6 Å². The summed E-state index contributed by atoms with van der Waals surface area (Å²) < 4.78 is 36.2. The van der Waals surface area contributed by atoms with Gasteiger partial charge in [0.15, 0.2) is 0 Å². The van der Waals surface area contributed by atoms with Gasteiger partial charge in [-0.25, -0.2) is 12.8 Å². The first kappa shape index (κ1) is 14.7. The molecule has 0 aromatic heterocycles. The standard InChI is InChI=1S/C11H10BrClFNO3S/c1-15(6-2-3-6)11(16)7-4-10(19(13,17)18)9(14)5-8(7)12/h4-6H,2-3H2,1H3. The number of rotatable bonds is 3. The van der Waals surface area contributed by atoms with Crippen molar-refractivity contribution in [3.05, 3.63) is 28.0 Å². The average Bonchev–Trinajstić information content (AvgIpc) is 3.09. The van der Waals surface area contributed by atoms with E-state index in [4.69, 9.17) is 10.7 Å². The molecule has 0 aliphatic heterocycles. The number of benzene rings is 1. The summed E-state index contributed by atoms with van der Waals surface area (Å²) in [6, 6.07) is 2.06. The number of amides is 1. The van der Waals surface area contributed by atoms with Crippen molar-refractivity contribution in [3.8, 4) is 0 Å². The van der Waals surface area contributed by atoms with Gasteiger partial charge in [0, 0.05) is 28.2 Å². The Morgan fingerprint density at radius 1 is 1.47 bits per heavy atom. The lowest BCUT2D eigenvalue weighted by Gasteiger charge is -2.17. The van der Waals surface area contributed by atoms with Crippen LogP contribution in [0.15, 0.2) is 21.5 Å². The van der Waals surface area contributed by atoms with Crippen molar-refractivity contribution in [1.29, 1.82) is 0 Å². The molecule has 1 fully saturated rings. The van der Waals surface area contributed by atoms with Gasteiger partial charge in [0.05, 0.1) is 5.56 Å². The van der Waals surface area contributed by atoms with Gasteiger partial charge in [0.25, 0.3) is 15.0 Å². The van der Waals surface area contributed by atoms with Crippen LogP contribution in [-0.2, 0) is 9.05 Å². The molecule has 104 valence electrons. The zero-order valence-electron chi connectivity index (χ0n) is 9.86. The Morgan fingerprint density at radius 2 is 2.05 bits per heavy atom.